The molecule has 0 aliphatic heterocycles. The number of thiophene rings is 1. The third-order valence-electron chi connectivity index (χ3n) is 3.58. The molecule has 0 bridgehead atoms. The molecule has 0 saturated heterocycles. The Morgan fingerprint density at radius 2 is 2.00 bits per heavy atom. The Labute approximate surface area is 175 Å². The van der Waals surface area contributed by atoms with Crippen molar-refractivity contribution in [1.82, 2.24) is 15.6 Å². The van der Waals surface area contributed by atoms with E-state index in [1.807, 2.05) is 23.6 Å². The summed E-state index contributed by atoms with van der Waals surface area (Å²) in [5, 5.41) is 8.62. The second kappa shape index (κ2) is 11.0. The summed E-state index contributed by atoms with van der Waals surface area (Å²) in [5.41, 5.74) is 2.13. The maximum atomic E-state index is 5.53. The van der Waals surface area contributed by atoms with E-state index in [1.54, 1.807) is 17.6 Å². The van der Waals surface area contributed by atoms with Crippen molar-refractivity contribution in [3.05, 3.63) is 65.4 Å². The first-order valence-electron chi connectivity index (χ1n) is 8.39. The van der Waals surface area contributed by atoms with Crippen LogP contribution in [0.1, 0.15) is 18.2 Å². The molecule has 0 radical (unpaired) electrons. The van der Waals surface area contributed by atoms with E-state index >= 15 is 0 Å². The summed E-state index contributed by atoms with van der Waals surface area (Å²) in [6.45, 7) is 4.18. The molecule has 2 aromatic heterocycles. The van der Waals surface area contributed by atoms with Gasteiger partial charge in [0, 0.05) is 13.1 Å². The lowest BCUT2D eigenvalue weighted by molar-refractivity contribution is 0.574. The van der Waals surface area contributed by atoms with Gasteiger partial charge >= 0.3 is 0 Å². The molecule has 0 atom stereocenters. The average molecular weight is 482 g/mol. The summed E-state index contributed by atoms with van der Waals surface area (Å²) in [6, 6.07) is 14.4. The van der Waals surface area contributed by atoms with Crippen LogP contribution in [0.4, 0.5) is 0 Å². The number of benzene rings is 1. The number of nitrogens with one attached hydrogen (secondary N) is 2. The van der Waals surface area contributed by atoms with E-state index in [2.05, 4.69) is 51.8 Å². The molecule has 2 N–H and O–H groups in total. The van der Waals surface area contributed by atoms with Gasteiger partial charge in [-0.25, -0.2) is 9.98 Å². The number of aliphatic imine (C=N–C) groups is 1. The molecule has 0 unspecified atom stereocenters. The maximum absolute atomic E-state index is 5.53. The Hall–Kier alpha value is -1.87. The number of guanidine groups is 1. The van der Waals surface area contributed by atoms with Gasteiger partial charge in [0.1, 0.15) is 12.0 Å². The molecule has 0 aliphatic rings. The number of hydrogen-bond donors (Lipinski definition) is 2. The zero-order valence-corrected chi connectivity index (χ0v) is 17.8. The molecule has 5 nitrogen and oxygen atoms in total. The van der Waals surface area contributed by atoms with E-state index in [-0.39, 0.29) is 24.0 Å². The van der Waals surface area contributed by atoms with E-state index in [0.717, 1.165) is 36.0 Å². The van der Waals surface area contributed by atoms with Gasteiger partial charge in [0.2, 0.25) is 5.89 Å². The molecule has 0 spiro atoms. The molecule has 7 heteroatoms. The highest BCUT2D eigenvalue weighted by molar-refractivity contribution is 14.0. The summed E-state index contributed by atoms with van der Waals surface area (Å²) < 4.78 is 5.53. The van der Waals surface area contributed by atoms with Crippen LogP contribution in [0.3, 0.4) is 0 Å². The maximum Gasteiger partial charge on any atom is 0.236 e. The van der Waals surface area contributed by atoms with Crippen LogP contribution in [-0.4, -0.2) is 24.0 Å². The smallest absolute Gasteiger partial charge is 0.236 e. The fourth-order valence-corrected chi connectivity index (χ4v) is 3.02. The Balaban J connectivity index is 0.00000243. The molecule has 3 rings (SSSR count). The minimum Gasteiger partial charge on any atom is -0.443 e. The topological polar surface area (TPSA) is 62.5 Å². The van der Waals surface area contributed by atoms with Crippen molar-refractivity contribution in [3.63, 3.8) is 0 Å². The highest BCUT2D eigenvalue weighted by Crippen LogP contribution is 2.23. The summed E-state index contributed by atoms with van der Waals surface area (Å²) in [6.07, 6.45) is 2.63. The Morgan fingerprint density at radius 3 is 2.73 bits per heavy atom. The molecule has 138 valence electrons. The molecule has 3 aromatic rings. The number of aromatic nitrogens is 1. The Bertz CT molecular complexity index is 787. The molecule has 2 heterocycles. The molecule has 26 heavy (non-hydrogen) atoms. The molecule has 0 fully saturated rings. The van der Waals surface area contributed by atoms with Crippen LogP contribution in [0, 0.1) is 0 Å². The summed E-state index contributed by atoms with van der Waals surface area (Å²) in [5.74, 6) is 1.45. The van der Waals surface area contributed by atoms with Gasteiger partial charge in [-0.3, -0.25) is 0 Å². The highest BCUT2D eigenvalue weighted by Gasteiger charge is 2.07. The van der Waals surface area contributed by atoms with E-state index in [4.69, 9.17) is 4.42 Å². The largest absolute Gasteiger partial charge is 0.443 e. The first-order valence-corrected chi connectivity index (χ1v) is 9.27. The monoisotopic (exact) mass is 482 g/mol. The van der Waals surface area contributed by atoms with Crippen molar-refractivity contribution in [1.29, 1.82) is 0 Å². The van der Waals surface area contributed by atoms with Gasteiger partial charge in [-0.1, -0.05) is 36.4 Å². The first-order chi connectivity index (χ1) is 12.3. The number of hydrogen-bond acceptors (Lipinski definition) is 4. The standard InChI is InChI=1S/C19H22N4OS.HI/c1-2-20-19(21-11-10-15-7-4-3-5-8-15)22-13-16-14-24-18(23-16)17-9-6-12-25-17;/h3-9,12,14H,2,10-11,13H2,1H3,(H2,20,21,22);1H. The molecule has 0 amide bonds. The van der Waals surface area contributed by atoms with Gasteiger partial charge in [0.25, 0.3) is 0 Å². The lowest BCUT2D eigenvalue weighted by Crippen LogP contribution is -2.38. The lowest BCUT2D eigenvalue weighted by Gasteiger charge is -2.10. The van der Waals surface area contributed by atoms with E-state index in [1.165, 1.54) is 5.56 Å². The quantitative estimate of drug-likeness (QED) is 0.299. The van der Waals surface area contributed by atoms with Crippen LogP contribution >= 0.6 is 35.3 Å². The predicted octanol–water partition coefficient (Wildman–Crippen LogP) is 4.32. The lowest BCUT2D eigenvalue weighted by atomic mass is 10.1. The van der Waals surface area contributed by atoms with Gasteiger partial charge < -0.3 is 15.1 Å². The van der Waals surface area contributed by atoms with Gasteiger partial charge in [0.05, 0.1) is 11.4 Å². The van der Waals surface area contributed by atoms with E-state index in [0.29, 0.717) is 12.4 Å². The van der Waals surface area contributed by atoms with Crippen LogP contribution < -0.4 is 10.6 Å². The third kappa shape index (κ3) is 6.14. The molecule has 0 saturated carbocycles. The van der Waals surface area contributed by atoms with Crippen molar-refractivity contribution in [3.8, 4) is 10.8 Å². The van der Waals surface area contributed by atoms with E-state index in [9.17, 15) is 0 Å². The first kappa shape index (κ1) is 20.4. The summed E-state index contributed by atoms with van der Waals surface area (Å²) >= 11 is 1.61. The average Bonchev–Trinajstić information content (AvgIpc) is 3.32. The zero-order chi connectivity index (χ0) is 17.3. The number of nitrogens with zero attached hydrogens (tertiary/aromatic N) is 2. The zero-order valence-electron chi connectivity index (χ0n) is 14.6. The minimum atomic E-state index is 0. The van der Waals surface area contributed by atoms with Gasteiger partial charge in [-0.05, 0) is 30.4 Å². The summed E-state index contributed by atoms with van der Waals surface area (Å²) in [7, 11) is 0. The van der Waals surface area contributed by atoms with Crippen LogP contribution in [0.2, 0.25) is 0 Å². The third-order valence-corrected chi connectivity index (χ3v) is 4.43. The van der Waals surface area contributed by atoms with Gasteiger partial charge in [-0.15, -0.1) is 35.3 Å². The number of halogens is 1. The fourth-order valence-electron chi connectivity index (χ4n) is 2.36. The summed E-state index contributed by atoms with van der Waals surface area (Å²) in [4.78, 5) is 10.1. The molecular weight excluding hydrogens is 459 g/mol. The van der Waals surface area contributed by atoms with Gasteiger partial charge in [-0.2, -0.15) is 0 Å². The number of rotatable bonds is 7. The van der Waals surface area contributed by atoms with Crippen molar-refractivity contribution in [2.75, 3.05) is 13.1 Å². The SMILES string of the molecule is CCNC(=NCc1coc(-c2cccs2)n1)NCCc1ccccc1.I. The Morgan fingerprint density at radius 1 is 1.15 bits per heavy atom. The van der Waals surface area contributed by atoms with Crippen molar-refractivity contribution < 1.29 is 4.42 Å². The number of oxazole rings is 1. The fraction of sp³-hybridized carbons (Fsp3) is 0.263. The normalized spacial score (nSPS) is 11.0. The van der Waals surface area contributed by atoms with Gasteiger partial charge in [0.15, 0.2) is 5.96 Å². The van der Waals surface area contributed by atoms with Crippen molar-refractivity contribution in [2.45, 2.75) is 19.9 Å². The van der Waals surface area contributed by atoms with Crippen LogP contribution in [-0.2, 0) is 13.0 Å². The minimum absolute atomic E-state index is 0. The highest BCUT2D eigenvalue weighted by atomic mass is 127. The second-order valence-electron chi connectivity index (χ2n) is 5.48. The van der Waals surface area contributed by atoms with E-state index < -0.39 is 0 Å². The molecule has 0 aliphatic carbocycles. The second-order valence-corrected chi connectivity index (χ2v) is 6.43. The van der Waals surface area contributed by atoms with Crippen LogP contribution in [0.15, 0.2) is 63.5 Å². The van der Waals surface area contributed by atoms with Crippen molar-refractivity contribution >= 4 is 41.3 Å². The van der Waals surface area contributed by atoms with Crippen molar-refractivity contribution in [2.24, 2.45) is 4.99 Å². The van der Waals surface area contributed by atoms with Crippen LogP contribution in [0.5, 0.6) is 0 Å². The molecular formula is C19H23IN4OS. The van der Waals surface area contributed by atoms with Crippen LogP contribution in [0.25, 0.3) is 10.8 Å². The Kier molecular flexibility index (Phi) is 8.63. The predicted molar refractivity (Wildman–Crippen MR) is 118 cm³/mol. The molecule has 1 aromatic carbocycles.